The molecule has 28 heavy (non-hydrogen) atoms. The van der Waals surface area contributed by atoms with E-state index < -0.39 is 0 Å². The van der Waals surface area contributed by atoms with E-state index in [1.165, 1.54) is 5.56 Å². The van der Waals surface area contributed by atoms with E-state index in [0.717, 1.165) is 30.4 Å². The van der Waals surface area contributed by atoms with E-state index in [1.54, 1.807) is 17.1 Å². The minimum absolute atomic E-state index is 0. The fourth-order valence-corrected chi connectivity index (χ4v) is 2.75. The molecule has 0 saturated heterocycles. The molecule has 6 nitrogen and oxygen atoms in total. The van der Waals surface area contributed by atoms with E-state index in [-0.39, 0.29) is 24.0 Å². The fraction of sp³-hybridized carbons (Fsp3) is 0.286. The summed E-state index contributed by atoms with van der Waals surface area (Å²) in [6, 6.07) is 16.4. The van der Waals surface area contributed by atoms with Gasteiger partial charge < -0.3 is 10.6 Å². The molecule has 1 atom stereocenters. The first-order valence-corrected chi connectivity index (χ1v) is 9.28. The lowest BCUT2D eigenvalue weighted by molar-refractivity contribution is 0.699. The topological polar surface area (TPSA) is 67.1 Å². The molecule has 0 aliphatic heterocycles. The second-order valence-corrected chi connectivity index (χ2v) is 6.36. The summed E-state index contributed by atoms with van der Waals surface area (Å²) in [7, 11) is 0. The quantitative estimate of drug-likeness (QED) is 0.301. The molecule has 3 rings (SSSR count). The lowest BCUT2D eigenvalue weighted by Gasteiger charge is -2.16. The van der Waals surface area contributed by atoms with Gasteiger partial charge in [-0.1, -0.05) is 37.3 Å². The van der Waals surface area contributed by atoms with Gasteiger partial charge in [0.25, 0.3) is 0 Å². The molecule has 3 aromatic rings. The predicted octanol–water partition coefficient (Wildman–Crippen LogP) is 3.74. The Bertz CT molecular complexity index is 848. The van der Waals surface area contributed by atoms with Crippen LogP contribution in [-0.2, 0) is 6.54 Å². The Morgan fingerprint density at radius 1 is 1.11 bits per heavy atom. The highest BCUT2D eigenvalue weighted by Gasteiger charge is 2.06. The van der Waals surface area contributed by atoms with Gasteiger partial charge in [0, 0.05) is 31.7 Å². The molecule has 0 radical (unpaired) electrons. The van der Waals surface area contributed by atoms with Gasteiger partial charge >= 0.3 is 0 Å². The number of nitrogens with zero attached hydrogens (tertiary/aromatic N) is 4. The fourth-order valence-electron chi connectivity index (χ4n) is 2.75. The Balaban J connectivity index is 0.00000280. The number of hydrogen-bond donors (Lipinski definition) is 2. The summed E-state index contributed by atoms with van der Waals surface area (Å²) in [6.45, 7) is 6.50. The lowest BCUT2D eigenvalue weighted by atomic mass is 10.0. The van der Waals surface area contributed by atoms with Crippen LogP contribution in [0.5, 0.6) is 0 Å². The number of hydrogen-bond acceptors (Lipinski definition) is 3. The van der Waals surface area contributed by atoms with Gasteiger partial charge in [-0.05, 0) is 42.2 Å². The van der Waals surface area contributed by atoms with E-state index >= 15 is 0 Å². The van der Waals surface area contributed by atoms with Gasteiger partial charge in [0.15, 0.2) is 11.8 Å². The molecule has 0 aliphatic carbocycles. The maximum Gasteiger partial charge on any atom is 0.191 e. The van der Waals surface area contributed by atoms with Gasteiger partial charge in [0.05, 0.1) is 6.54 Å². The smallest absolute Gasteiger partial charge is 0.191 e. The van der Waals surface area contributed by atoms with Crippen molar-refractivity contribution in [3.63, 3.8) is 0 Å². The highest BCUT2D eigenvalue weighted by Crippen LogP contribution is 2.13. The number of aliphatic imine (C=N–C) groups is 1. The van der Waals surface area contributed by atoms with Gasteiger partial charge in [0.1, 0.15) is 0 Å². The summed E-state index contributed by atoms with van der Waals surface area (Å²) in [5.74, 6) is 2.02. The van der Waals surface area contributed by atoms with Crippen LogP contribution < -0.4 is 10.6 Å². The Morgan fingerprint density at radius 3 is 2.64 bits per heavy atom. The van der Waals surface area contributed by atoms with E-state index in [9.17, 15) is 0 Å². The Kier molecular flexibility index (Phi) is 8.93. The predicted molar refractivity (Wildman–Crippen MR) is 124 cm³/mol. The van der Waals surface area contributed by atoms with Gasteiger partial charge in [-0.25, -0.2) is 14.7 Å². The first-order chi connectivity index (χ1) is 13.3. The van der Waals surface area contributed by atoms with E-state index in [0.29, 0.717) is 12.5 Å². The summed E-state index contributed by atoms with van der Waals surface area (Å²) in [4.78, 5) is 9.07. The molecule has 0 fully saturated rings. The first-order valence-electron chi connectivity index (χ1n) is 9.28. The van der Waals surface area contributed by atoms with Crippen LogP contribution in [0.2, 0.25) is 0 Å². The van der Waals surface area contributed by atoms with Gasteiger partial charge in [0.2, 0.25) is 0 Å². The summed E-state index contributed by atoms with van der Waals surface area (Å²) in [5, 5.41) is 11.0. The number of aromatic nitrogens is 3. The Morgan fingerprint density at radius 2 is 1.93 bits per heavy atom. The monoisotopic (exact) mass is 490 g/mol. The third kappa shape index (κ3) is 6.33. The zero-order chi connectivity index (χ0) is 18.9. The van der Waals surface area contributed by atoms with Crippen molar-refractivity contribution in [3.8, 4) is 5.82 Å². The molecule has 2 aromatic heterocycles. The van der Waals surface area contributed by atoms with Crippen LogP contribution in [0.4, 0.5) is 0 Å². The largest absolute Gasteiger partial charge is 0.357 e. The maximum atomic E-state index is 4.71. The van der Waals surface area contributed by atoms with Crippen molar-refractivity contribution in [3.05, 3.63) is 78.2 Å². The lowest BCUT2D eigenvalue weighted by Crippen LogP contribution is -2.39. The van der Waals surface area contributed by atoms with Gasteiger partial charge in [-0.3, -0.25) is 0 Å². The van der Waals surface area contributed by atoms with Crippen LogP contribution in [0.15, 0.2) is 72.1 Å². The standard InChI is InChI=1S/C21H26N6.HI/c1-3-22-21(24-15-17(2)19-8-5-4-6-9-19)25-16-18-10-12-23-20(14-18)27-13-7-11-26-27;/h4-14,17H,3,15-16H2,1-2H3,(H2,22,24,25);1H. The molecule has 0 saturated carbocycles. The third-order valence-electron chi connectivity index (χ3n) is 4.26. The van der Waals surface area contributed by atoms with Crippen molar-refractivity contribution in [2.45, 2.75) is 26.3 Å². The Hall–Kier alpha value is -2.42. The van der Waals surface area contributed by atoms with E-state index in [1.807, 2.05) is 30.5 Å². The van der Waals surface area contributed by atoms with Gasteiger partial charge in [-0.2, -0.15) is 5.10 Å². The molecule has 0 bridgehead atoms. The summed E-state index contributed by atoms with van der Waals surface area (Å²) >= 11 is 0. The highest BCUT2D eigenvalue weighted by molar-refractivity contribution is 14.0. The molecule has 2 N–H and O–H groups in total. The summed E-state index contributed by atoms with van der Waals surface area (Å²) in [6.07, 6.45) is 5.42. The average molecular weight is 490 g/mol. The minimum Gasteiger partial charge on any atom is -0.357 e. The van der Waals surface area contributed by atoms with Crippen molar-refractivity contribution in [1.82, 2.24) is 25.4 Å². The molecule has 148 valence electrons. The van der Waals surface area contributed by atoms with Crippen LogP contribution in [-0.4, -0.2) is 33.8 Å². The van der Waals surface area contributed by atoms with Crippen molar-refractivity contribution >= 4 is 29.9 Å². The molecular formula is C21H27IN6. The van der Waals surface area contributed by atoms with Crippen molar-refractivity contribution in [1.29, 1.82) is 0 Å². The normalized spacial score (nSPS) is 12.1. The maximum absolute atomic E-state index is 4.71. The summed E-state index contributed by atoms with van der Waals surface area (Å²) in [5.41, 5.74) is 2.41. The molecule has 7 heteroatoms. The Labute approximate surface area is 183 Å². The SMILES string of the molecule is CCNC(=NCc1ccnc(-n2cccn2)c1)NCC(C)c1ccccc1.I. The molecule has 0 amide bonds. The molecule has 1 aromatic carbocycles. The second kappa shape index (κ2) is 11.4. The third-order valence-corrected chi connectivity index (χ3v) is 4.26. The second-order valence-electron chi connectivity index (χ2n) is 6.36. The molecule has 0 spiro atoms. The number of benzene rings is 1. The van der Waals surface area contributed by atoms with Crippen molar-refractivity contribution in [2.75, 3.05) is 13.1 Å². The molecule has 1 unspecified atom stereocenters. The molecule has 0 aliphatic rings. The van der Waals surface area contributed by atoms with Crippen LogP contribution >= 0.6 is 24.0 Å². The molecular weight excluding hydrogens is 463 g/mol. The van der Waals surface area contributed by atoms with Crippen LogP contribution in [0.3, 0.4) is 0 Å². The summed E-state index contributed by atoms with van der Waals surface area (Å²) < 4.78 is 1.75. The van der Waals surface area contributed by atoms with E-state index in [2.05, 4.69) is 58.8 Å². The van der Waals surface area contributed by atoms with E-state index in [4.69, 9.17) is 4.99 Å². The minimum atomic E-state index is 0. The zero-order valence-corrected chi connectivity index (χ0v) is 18.6. The number of halogens is 1. The zero-order valence-electron chi connectivity index (χ0n) is 16.2. The van der Waals surface area contributed by atoms with Crippen LogP contribution in [0.1, 0.15) is 30.9 Å². The number of nitrogens with one attached hydrogen (secondary N) is 2. The van der Waals surface area contributed by atoms with Crippen LogP contribution in [0, 0.1) is 0 Å². The number of guanidine groups is 1. The number of rotatable bonds is 7. The van der Waals surface area contributed by atoms with Crippen LogP contribution in [0.25, 0.3) is 5.82 Å². The molecule has 2 heterocycles. The first kappa shape index (κ1) is 21.9. The van der Waals surface area contributed by atoms with Gasteiger partial charge in [-0.15, -0.1) is 24.0 Å². The highest BCUT2D eigenvalue weighted by atomic mass is 127. The van der Waals surface area contributed by atoms with Crippen molar-refractivity contribution in [2.24, 2.45) is 4.99 Å². The van der Waals surface area contributed by atoms with Crippen molar-refractivity contribution < 1.29 is 0 Å². The number of pyridine rings is 1. The average Bonchev–Trinajstić information content (AvgIpc) is 3.26.